The number of thiazole rings is 1. The van der Waals surface area contributed by atoms with Gasteiger partial charge in [-0.2, -0.15) is 0 Å². The summed E-state index contributed by atoms with van der Waals surface area (Å²) in [6.07, 6.45) is 0.679. The first-order valence-corrected chi connectivity index (χ1v) is 45.8. The fraction of sp³-hybridized carbons (Fsp3) is 0.415. The van der Waals surface area contributed by atoms with Gasteiger partial charge in [0.15, 0.2) is 0 Å². The highest BCUT2D eigenvalue weighted by atomic mass is 32.2. The topological polar surface area (TPSA) is 545 Å². The molecule has 1 aliphatic rings. The fourth-order valence-corrected chi connectivity index (χ4v) is 17.2. The summed E-state index contributed by atoms with van der Waals surface area (Å²) in [4.78, 5) is 250. The predicted molar refractivity (Wildman–Crippen MR) is 500 cm³/mol. The van der Waals surface area contributed by atoms with E-state index in [0.717, 1.165) is 36.1 Å². The number of hydrogen-bond acceptors (Lipinski definition) is 22. The maximum Gasteiger partial charge on any atom is 0.246 e. The average molecular weight is 1870 g/mol. The molecule has 1 fully saturated rings. The number of amides is 16. The molecule has 0 saturated carbocycles. The molecule has 18 N–H and O–H groups in total. The van der Waals surface area contributed by atoms with Crippen LogP contribution in [0, 0.1) is 5.92 Å². The van der Waals surface area contributed by atoms with Crippen molar-refractivity contribution in [2.75, 3.05) is 72.9 Å². The highest BCUT2D eigenvalue weighted by Crippen LogP contribution is 2.28. The number of benzene rings is 6. The normalized spacial score (nSPS) is 21.6. The van der Waals surface area contributed by atoms with E-state index in [2.05, 4.69) is 52.8 Å². The molecule has 1 saturated heterocycles. The Labute approximate surface area is 778 Å². The Kier molecular flexibility index (Phi) is 38.7. The Morgan fingerprint density at radius 1 is 0.474 bits per heavy atom. The third-order valence-corrected chi connectivity index (χ3v) is 24.9. The minimum Gasteiger partial charge on any atom is -0.508 e. The zero-order valence-corrected chi connectivity index (χ0v) is 77.2. The minimum absolute atomic E-state index is 0.0253. The van der Waals surface area contributed by atoms with Gasteiger partial charge in [0.05, 0.1) is 47.0 Å². The Hall–Kier alpha value is -13.8. The smallest absolute Gasteiger partial charge is 0.246 e. The largest absolute Gasteiger partial charge is 0.508 e. The van der Waals surface area contributed by atoms with Gasteiger partial charge in [-0.25, -0.2) is 4.98 Å². The van der Waals surface area contributed by atoms with Gasteiger partial charge in [-0.1, -0.05) is 149 Å². The summed E-state index contributed by atoms with van der Waals surface area (Å²) in [6, 6.07) is 25.8. The van der Waals surface area contributed by atoms with Gasteiger partial charge in [-0.15, -0.1) is 23.1 Å². The van der Waals surface area contributed by atoms with Crippen molar-refractivity contribution in [3.8, 4) is 11.5 Å². The highest BCUT2D eigenvalue weighted by Gasteiger charge is 2.43. The summed E-state index contributed by atoms with van der Waals surface area (Å²) < 4.78 is 0.749. The van der Waals surface area contributed by atoms with Crippen molar-refractivity contribution in [2.45, 2.75) is 171 Å². The van der Waals surface area contributed by atoms with Crippen LogP contribution in [0.15, 0.2) is 164 Å². The van der Waals surface area contributed by atoms with Crippen molar-refractivity contribution in [3.05, 3.63) is 197 Å². The summed E-state index contributed by atoms with van der Waals surface area (Å²) in [5.74, 6) is -16.6. The molecule has 1 aliphatic heterocycles. The van der Waals surface area contributed by atoms with E-state index in [0.29, 0.717) is 68.5 Å². The molecule has 6 aromatic carbocycles. The van der Waals surface area contributed by atoms with Crippen LogP contribution in [0.1, 0.15) is 98.5 Å². The van der Waals surface area contributed by atoms with E-state index in [1.807, 2.05) is 13.0 Å². The summed E-state index contributed by atoms with van der Waals surface area (Å²) >= 11 is 2.07. The number of nitrogens with zero attached hydrogens (tertiary/aromatic N) is 6. The van der Waals surface area contributed by atoms with Crippen molar-refractivity contribution < 1.29 is 86.9 Å². The van der Waals surface area contributed by atoms with Gasteiger partial charge >= 0.3 is 0 Å². The minimum atomic E-state index is -1.79. The number of phenolic OH excluding ortho intramolecular Hbond substituents is 2. The number of carbonyl (C=O) groups is 16. The second kappa shape index (κ2) is 50.0. The maximum atomic E-state index is 15.7. The molecule has 0 spiro atoms. The number of carbonyl (C=O) groups excluding carboxylic acids is 16. The Morgan fingerprint density at radius 3 is 1.57 bits per heavy atom. The number of nitrogens with one attached hydrogen (secondary N) is 10. The van der Waals surface area contributed by atoms with Gasteiger partial charge < -0.3 is 105 Å². The number of likely N-dealkylation sites (N-methyl/N-ethyl adjacent to an activating group) is 5. The molecule has 0 bridgehead atoms. The number of fused-ring (bicyclic) bond motifs is 2. The summed E-state index contributed by atoms with van der Waals surface area (Å²) in [5.41, 5.74) is 20.8. The van der Waals surface area contributed by atoms with Crippen LogP contribution in [0.4, 0.5) is 0 Å². The van der Waals surface area contributed by atoms with Crippen molar-refractivity contribution >= 4 is 139 Å². The Morgan fingerprint density at radius 2 is 0.977 bits per heavy atom. The number of H-pyrrole nitrogens is 1. The van der Waals surface area contributed by atoms with Crippen LogP contribution < -0.4 is 65.1 Å². The summed E-state index contributed by atoms with van der Waals surface area (Å²) in [6.45, 7) is 2.89. The molecule has 9 rings (SSSR count). The monoisotopic (exact) mass is 1870 g/mol. The van der Waals surface area contributed by atoms with Crippen molar-refractivity contribution in [1.29, 1.82) is 0 Å². The van der Waals surface area contributed by atoms with Crippen LogP contribution in [-0.4, -0.2) is 279 Å². The molecule has 2 aromatic heterocycles. The van der Waals surface area contributed by atoms with Gasteiger partial charge in [-0.3, -0.25) is 76.7 Å². The van der Waals surface area contributed by atoms with Gasteiger partial charge in [0.1, 0.15) is 78.0 Å². The molecule has 16 amide bonds. The molecule has 11 atom stereocenters. The molecule has 39 heteroatoms. The van der Waals surface area contributed by atoms with E-state index in [4.69, 9.17) is 22.2 Å². The van der Waals surface area contributed by atoms with Gasteiger partial charge in [0.25, 0.3) is 0 Å². The first-order chi connectivity index (χ1) is 63.5. The van der Waals surface area contributed by atoms with E-state index in [-0.39, 0.29) is 75.8 Å². The van der Waals surface area contributed by atoms with E-state index < -0.39 is 204 Å². The lowest BCUT2D eigenvalue weighted by atomic mass is 9.98. The third-order valence-electron chi connectivity index (χ3n) is 22.8. The van der Waals surface area contributed by atoms with E-state index >= 15 is 43.2 Å². The average Bonchev–Trinajstić information content (AvgIpc) is 1.73. The number of unbranched alkanes of at least 4 members (excludes halogenated alkanes) is 2. The Balaban J connectivity index is 1.12. The molecule has 0 unspecified atom stereocenters. The zero-order valence-electron chi connectivity index (χ0n) is 75.6. The molecule has 133 heavy (non-hydrogen) atoms. The second-order valence-corrected chi connectivity index (χ2v) is 35.5. The number of hydrogen-bond donors (Lipinski definition) is 15. The van der Waals surface area contributed by atoms with Gasteiger partial charge in [0.2, 0.25) is 94.5 Å². The standard InChI is InChI=1S/C94H119N19O18S2/c1-9-10-31-73-92(129)110(5)52-80(119)101-69(47-77(96)116)88(125)108-83(55(2)3)94(131)112(7)74(45-57-25-15-12-16-26-57)89(126)106-70(44-59-35-39-62(115)40-36-59)90(127)109(4)51-79(118)100-68(46-60-49-98-64-28-18-17-27-63(60)64)87(124)105-67(42-58-33-37-61(114)38-34-58)86(123)104-66(30-21-22-41-95)85(122)107-72(84(121)99-50-78(97)117)53-132-54-81(120)102-71(43-56-23-13-11-14-24-56)91(128)113(8)75(93(130)111(73)6)48-82-103-65-29-19-20-32-76(65)133-82/h11-20,23-29,32-40,49,55,66-75,83,98,114-115H,9-10,21-22,30-31,41-48,50-54,95H2,1-8H3,(H2,96,116)(H2,97,117)(H,99,121)(H,100,118)(H,101,119)(H,102,120)(H,104,123)(H,105,124)(H,106,126)(H,107,122)(H,108,125)/t66-,67-,68-,69-,70-,71-,72-,73-,74-,75-,83-/m0/s1. The molecular formula is C94H119N19O18S2. The lowest BCUT2D eigenvalue weighted by Crippen LogP contribution is -2.61. The van der Waals surface area contributed by atoms with Gasteiger partial charge in [-0.05, 0) is 108 Å². The number of aromatic hydroxyl groups is 2. The maximum absolute atomic E-state index is 15.7. The van der Waals surface area contributed by atoms with Crippen LogP contribution in [0.5, 0.6) is 11.5 Å². The number of aromatic amines is 1. The highest BCUT2D eigenvalue weighted by molar-refractivity contribution is 8.00. The van der Waals surface area contributed by atoms with Crippen LogP contribution in [0.25, 0.3) is 21.1 Å². The van der Waals surface area contributed by atoms with Crippen LogP contribution in [0.3, 0.4) is 0 Å². The summed E-state index contributed by atoms with van der Waals surface area (Å²) in [7, 11) is 6.58. The summed E-state index contributed by atoms with van der Waals surface area (Å²) in [5, 5.41) is 45.9. The lowest BCUT2D eigenvalue weighted by Gasteiger charge is -2.36. The molecular weight excluding hydrogens is 1750 g/mol. The van der Waals surface area contributed by atoms with Crippen molar-refractivity contribution in [3.63, 3.8) is 0 Å². The third kappa shape index (κ3) is 30.4. The van der Waals surface area contributed by atoms with Crippen LogP contribution in [0.2, 0.25) is 0 Å². The quantitative estimate of drug-likeness (QED) is 0.0360. The van der Waals surface area contributed by atoms with Crippen molar-refractivity contribution in [1.82, 2.24) is 82.3 Å². The van der Waals surface area contributed by atoms with Crippen LogP contribution in [-0.2, 0) is 115 Å². The molecule has 37 nitrogen and oxygen atoms in total. The number of phenols is 2. The molecule has 3 heterocycles. The zero-order chi connectivity index (χ0) is 96.7. The SMILES string of the molecule is CCCC[C@H]1C(=O)N(C)CC(=O)N[C@@H](CC(N)=O)C(=O)N[C@@H](C(C)C)C(=O)N(C)[C@@H](Cc2ccccc2)C(=O)N[C@@H](Cc2ccc(O)cc2)C(=O)N(C)CC(=O)N[C@@H](Cc2c[nH]c3ccccc23)C(=O)N[C@@H](Cc2ccc(O)cc2)C(=O)N[C@@H](CCCCN)C(=O)N[C@H](C(=O)NCC(N)=O)CSCC(=O)N[C@@H](Cc2ccccc2)C(=O)N(C)[C@@H](Cc2nc3ccccc3s2)C(=O)N1C. The van der Waals surface area contributed by atoms with E-state index in [9.17, 15) is 43.8 Å². The Bertz CT molecular complexity index is 5380. The number of primary amides is 2. The molecule has 0 radical (unpaired) electrons. The van der Waals surface area contributed by atoms with E-state index in [1.54, 1.807) is 123 Å². The number of aromatic nitrogens is 2. The van der Waals surface area contributed by atoms with Crippen molar-refractivity contribution in [2.24, 2.45) is 23.1 Å². The number of nitrogens with two attached hydrogens (primary N) is 3. The molecule has 8 aromatic rings. The first-order valence-electron chi connectivity index (χ1n) is 43.8. The number of para-hydroxylation sites is 2. The van der Waals surface area contributed by atoms with Gasteiger partial charge in [0, 0.05) is 96.6 Å². The number of thioether (sulfide) groups is 1. The first kappa shape index (κ1) is 103. The predicted octanol–water partition coefficient (Wildman–Crippen LogP) is 1.42. The second-order valence-electron chi connectivity index (χ2n) is 33.4. The molecule has 0 aliphatic carbocycles. The lowest BCUT2D eigenvalue weighted by molar-refractivity contribution is -0.151. The molecule has 710 valence electrons. The fourth-order valence-electron chi connectivity index (χ4n) is 15.4. The number of rotatable bonds is 25. The van der Waals surface area contributed by atoms with Crippen LogP contribution >= 0.6 is 23.1 Å². The van der Waals surface area contributed by atoms with E-state index in [1.165, 1.54) is 100 Å².